The second-order valence-electron chi connectivity index (χ2n) is 8.61. The van der Waals surface area contributed by atoms with Crippen LogP contribution in [-0.4, -0.2) is 42.1 Å². The molecule has 1 aliphatic rings. The van der Waals surface area contributed by atoms with E-state index in [1.165, 1.54) is 12.1 Å². The van der Waals surface area contributed by atoms with Gasteiger partial charge >= 0.3 is 0 Å². The van der Waals surface area contributed by atoms with Gasteiger partial charge in [-0.25, -0.2) is 13.8 Å². The van der Waals surface area contributed by atoms with Crippen LogP contribution in [0.4, 0.5) is 24.8 Å². The van der Waals surface area contributed by atoms with Crippen LogP contribution in [0.1, 0.15) is 18.4 Å². The molecule has 1 fully saturated rings. The van der Waals surface area contributed by atoms with E-state index in [0.29, 0.717) is 28.6 Å². The first kappa shape index (κ1) is 29.0. The number of rotatable bonds is 9. The molecule has 1 saturated carbocycles. The summed E-state index contributed by atoms with van der Waals surface area (Å²) in [5.41, 5.74) is 3.45. The van der Waals surface area contributed by atoms with Gasteiger partial charge in [-0.3, -0.25) is 9.78 Å². The summed E-state index contributed by atoms with van der Waals surface area (Å²) >= 11 is 0. The van der Waals surface area contributed by atoms with Crippen molar-refractivity contribution in [2.75, 3.05) is 24.4 Å². The summed E-state index contributed by atoms with van der Waals surface area (Å²) in [5, 5.41) is 7.74. The van der Waals surface area contributed by atoms with Gasteiger partial charge in [0.05, 0.1) is 17.6 Å². The summed E-state index contributed by atoms with van der Waals surface area (Å²) in [7, 11) is 1.77. The minimum atomic E-state index is -0.821. The molecule has 1 aliphatic carbocycles. The fourth-order valence-electron chi connectivity index (χ4n) is 3.48. The first-order valence-corrected chi connectivity index (χ1v) is 12.1. The normalized spacial score (nSPS) is 13.2. The molecule has 1 aromatic carbocycles. The van der Waals surface area contributed by atoms with Crippen LogP contribution in [0.5, 0.6) is 0 Å². The van der Waals surface area contributed by atoms with E-state index in [2.05, 4.69) is 25.8 Å². The molecule has 10 heteroatoms. The van der Waals surface area contributed by atoms with Crippen molar-refractivity contribution in [1.82, 2.24) is 9.97 Å². The van der Waals surface area contributed by atoms with Gasteiger partial charge in [-0.05, 0) is 78.9 Å². The van der Waals surface area contributed by atoms with E-state index in [1.807, 2.05) is 18.2 Å². The molecule has 2 heterocycles. The first-order valence-electron chi connectivity index (χ1n) is 12.1. The molecule has 0 unspecified atom stereocenters. The Balaban J connectivity index is 0.000000753. The smallest absolute Gasteiger partial charge is 0.255 e. The van der Waals surface area contributed by atoms with Crippen molar-refractivity contribution >= 4 is 29.9 Å². The first-order chi connectivity index (χ1) is 18.9. The summed E-state index contributed by atoms with van der Waals surface area (Å²) in [4.78, 5) is 30.8. The highest BCUT2D eigenvalue weighted by atomic mass is 19.2. The van der Waals surface area contributed by atoms with Gasteiger partial charge in [-0.15, -0.1) is 0 Å². The van der Waals surface area contributed by atoms with E-state index in [-0.39, 0.29) is 11.3 Å². The van der Waals surface area contributed by atoms with Gasteiger partial charge in [-0.2, -0.15) is 0 Å². The molecule has 0 spiro atoms. The number of hydrogen-bond donors (Lipinski definition) is 2. The van der Waals surface area contributed by atoms with Crippen LogP contribution < -0.4 is 10.6 Å². The lowest BCUT2D eigenvalue weighted by molar-refractivity contribution is -0.112. The molecule has 0 radical (unpaired) electrons. The van der Waals surface area contributed by atoms with Crippen LogP contribution in [0.25, 0.3) is 22.4 Å². The number of nitrogens with one attached hydrogen (secondary N) is 2. The number of hydrogen-bond acceptors (Lipinski definition) is 6. The van der Waals surface area contributed by atoms with Gasteiger partial charge in [0, 0.05) is 36.5 Å². The predicted octanol–water partition coefficient (Wildman–Crippen LogP) is 6.24. The van der Waals surface area contributed by atoms with Crippen LogP contribution in [0.3, 0.4) is 0 Å². The molecule has 0 bridgehead atoms. The number of pyridine rings is 2. The molecule has 0 aliphatic heterocycles. The third-order valence-corrected chi connectivity index (χ3v) is 5.72. The Kier molecular flexibility index (Phi) is 10.7. The van der Waals surface area contributed by atoms with Crippen molar-refractivity contribution in [3.63, 3.8) is 0 Å². The summed E-state index contributed by atoms with van der Waals surface area (Å²) < 4.78 is 39.3. The predicted molar refractivity (Wildman–Crippen MR) is 147 cm³/mol. The topological polar surface area (TPSA) is 96.3 Å². The molecule has 0 atom stereocenters. The van der Waals surface area contributed by atoms with E-state index in [9.17, 15) is 22.9 Å². The lowest BCUT2D eigenvalue weighted by atomic mass is 9.98. The van der Waals surface area contributed by atoms with E-state index >= 15 is 0 Å². The molecule has 4 rings (SSSR count). The van der Waals surface area contributed by atoms with Crippen LogP contribution in [0, 0.1) is 18.7 Å². The van der Waals surface area contributed by atoms with Crippen LogP contribution in [-0.2, 0) is 9.59 Å². The highest BCUT2D eigenvalue weighted by Gasteiger charge is 2.19. The number of amides is 1. The van der Waals surface area contributed by atoms with Crippen molar-refractivity contribution in [2.45, 2.75) is 19.8 Å². The number of anilines is 2. The molecule has 7 nitrogen and oxygen atoms in total. The zero-order valence-corrected chi connectivity index (χ0v) is 21.5. The lowest BCUT2D eigenvalue weighted by Gasteiger charge is -2.13. The Morgan fingerprint density at radius 1 is 1.13 bits per heavy atom. The SMILES string of the molecule is CNc1cc(-c2cc(-c3cc(NC(=O)C(/C=C/CF)=C/C=N\F)c(F)cc3C)ccn2)ccn1.O=CC1CC1. The van der Waals surface area contributed by atoms with Crippen molar-refractivity contribution in [2.24, 2.45) is 11.1 Å². The van der Waals surface area contributed by atoms with E-state index in [4.69, 9.17) is 0 Å². The van der Waals surface area contributed by atoms with Crippen molar-refractivity contribution < 1.29 is 22.9 Å². The Labute approximate surface area is 224 Å². The second-order valence-corrected chi connectivity index (χ2v) is 8.61. The molecule has 0 saturated heterocycles. The maximum Gasteiger partial charge on any atom is 0.255 e. The van der Waals surface area contributed by atoms with Gasteiger partial charge in [-0.1, -0.05) is 21.8 Å². The highest BCUT2D eigenvalue weighted by molar-refractivity contribution is 6.08. The average Bonchev–Trinajstić information content (AvgIpc) is 3.80. The highest BCUT2D eigenvalue weighted by Crippen LogP contribution is 2.31. The number of aromatic nitrogens is 2. The molecule has 202 valence electrons. The average molecular weight is 536 g/mol. The van der Waals surface area contributed by atoms with Crippen LogP contribution >= 0.6 is 0 Å². The second kappa shape index (κ2) is 14.4. The van der Waals surface area contributed by atoms with E-state index < -0.39 is 18.4 Å². The molecule has 1 amide bonds. The third-order valence-electron chi connectivity index (χ3n) is 5.72. The summed E-state index contributed by atoms with van der Waals surface area (Å²) in [6.07, 6.45) is 10.7. The number of benzene rings is 1. The Hall–Kier alpha value is -4.60. The number of aryl methyl sites for hydroxylation is 1. The van der Waals surface area contributed by atoms with Gasteiger partial charge in [0.15, 0.2) is 0 Å². The van der Waals surface area contributed by atoms with Gasteiger partial charge in [0.2, 0.25) is 0 Å². The van der Waals surface area contributed by atoms with Crippen LogP contribution in [0.15, 0.2) is 77.8 Å². The Bertz CT molecular complexity index is 1400. The summed E-state index contributed by atoms with van der Waals surface area (Å²) in [5.74, 6) is -0.249. The van der Waals surface area contributed by atoms with Gasteiger partial charge in [0.1, 0.15) is 24.6 Å². The molecule has 39 heavy (non-hydrogen) atoms. The number of carbonyl (C=O) groups excluding carboxylic acids is 2. The number of nitrogens with zero attached hydrogens (tertiary/aromatic N) is 3. The zero-order chi connectivity index (χ0) is 28.2. The van der Waals surface area contributed by atoms with Crippen molar-refractivity contribution in [3.05, 3.63) is 84.0 Å². The fraction of sp³-hybridized carbons (Fsp3) is 0.207. The molecular formula is C29H28F3N5O2. The number of alkyl halides is 1. The van der Waals surface area contributed by atoms with Crippen LogP contribution in [0.2, 0.25) is 0 Å². The fourth-order valence-corrected chi connectivity index (χ4v) is 3.48. The number of carbonyl (C=O) groups is 2. The van der Waals surface area contributed by atoms with Gasteiger partial charge < -0.3 is 15.4 Å². The summed E-state index contributed by atoms with van der Waals surface area (Å²) in [6, 6.07) is 10.1. The van der Waals surface area contributed by atoms with Gasteiger partial charge in [0.25, 0.3) is 5.91 Å². The van der Waals surface area contributed by atoms with E-state index in [1.54, 1.807) is 32.4 Å². The zero-order valence-electron chi connectivity index (χ0n) is 21.5. The quantitative estimate of drug-likeness (QED) is 0.146. The molecule has 2 aromatic heterocycles. The number of allylic oxidation sites excluding steroid dienone is 2. The number of halogens is 3. The Morgan fingerprint density at radius 3 is 2.51 bits per heavy atom. The third kappa shape index (κ3) is 8.46. The lowest BCUT2D eigenvalue weighted by Crippen LogP contribution is -2.15. The Morgan fingerprint density at radius 2 is 1.87 bits per heavy atom. The minimum absolute atomic E-state index is 0.0814. The largest absolute Gasteiger partial charge is 0.373 e. The van der Waals surface area contributed by atoms with Crippen molar-refractivity contribution in [1.29, 1.82) is 0 Å². The molecule has 2 N–H and O–H groups in total. The minimum Gasteiger partial charge on any atom is -0.373 e. The maximum absolute atomic E-state index is 14.7. The maximum atomic E-state index is 14.7. The standard InChI is InChI=1S/C25H22F3N5O.C4H6O/c1-16-12-21(27)23(33-25(34)17(4-3-8-26)7-11-32-28)15-20(16)18-5-9-30-22(13-18)19-6-10-31-24(14-19)29-2;5-3-4-1-2-4/h3-7,9-15H,8H2,1-2H3,(H,29,31)(H,33,34);3-4H,1-2H2/b4-3+,17-7+,32-11-;. The summed E-state index contributed by atoms with van der Waals surface area (Å²) in [6.45, 7) is 0.931. The molecular weight excluding hydrogens is 507 g/mol. The van der Waals surface area contributed by atoms with E-state index in [0.717, 1.165) is 54.7 Å². The van der Waals surface area contributed by atoms with Crippen molar-refractivity contribution in [3.8, 4) is 22.4 Å². The number of aldehydes is 1. The molecule has 3 aromatic rings. The monoisotopic (exact) mass is 535 g/mol.